The first-order chi connectivity index (χ1) is 13.9. The summed E-state index contributed by atoms with van der Waals surface area (Å²) in [6, 6.07) is 14.3. The number of carbonyl (C=O) groups excluding carboxylic acids is 1. The van der Waals surface area contributed by atoms with Gasteiger partial charge in [-0.25, -0.2) is 12.8 Å². The lowest BCUT2D eigenvalue weighted by atomic mass is 9.96. The fraction of sp³-hybridized carbons (Fsp3) is 0.381. The summed E-state index contributed by atoms with van der Waals surface area (Å²) in [5.74, 6) is -0.104. The molecule has 2 aliphatic heterocycles. The number of hydrogen-bond acceptors (Lipinski definition) is 4. The van der Waals surface area contributed by atoms with Gasteiger partial charge >= 0.3 is 0 Å². The molecule has 0 radical (unpaired) electrons. The topological polar surface area (TPSA) is 66.9 Å². The van der Waals surface area contributed by atoms with Gasteiger partial charge in [0.15, 0.2) is 0 Å². The molecule has 4 rings (SSSR count). The fourth-order valence-electron chi connectivity index (χ4n) is 3.76. The van der Waals surface area contributed by atoms with Crippen molar-refractivity contribution < 1.29 is 22.3 Å². The normalized spacial score (nSPS) is 20.9. The van der Waals surface area contributed by atoms with Crippen LogP contribution in [-0.2, 0) is 14.8 Å². The number of para-hydroxylation sites is 1. The van der Waals surface area contributed by atoms with Crippen molar-refractivity contribution in [1.29, 1.82) is 0 Å². The van der Waals surface area contributed by atoms with Crippen molar-refractivity contribution >= 4 is 15.9 Å². The van der Waals surface area contributed by atoms with Crippen LogP contribution < -0.4 is 4.74 Å². The van der Waals surface area contributed by atoms with Gasteiger partial charge in [0.1, 0.15) is 17.7 Å². The molecule has 0 aliphatic carbocycles. The first-order valence-electron chi connectivity index (χ1n) is 9.70. The van der Waals surface area contributed by atoms with Gasteiger partial charge in [-0.2, -0.15) is 4.31 Å². The molecule has 0 spiro atoms. The van der Waals surface area contributed by atoms with E-state index in [2.05, 4.69) is 0 Å². The number of carbonyl (C=O) groups is 1. The molecule has 8 heteroatoms. The molecule has 2 aliphatic rings. The number of likely N-dealkylation sites (tertiary alicyclic amines) is 1. The molecule has 6 nitrogen and oxygen atoms in total. The Morgan fingerprint density at radius 1 is 1.00 bits per heavy atom. The van der Waals surface area contributed by atoms with E-state index in [4.69, 9.17) is 4.74 Å². The van der Waals surface area contributed by atoms with Crippen molar-refractivity contribution in [2.24, 2.45) is 5.92 Å². The summed E-state index contributed by atoms with van der Waals surface area (Å²) in [6.45, 7) is 1.53. The van der Waals surface area contributed by atoms with E-state index in [1.54, 1.807) is 4.90 Å². The summed E-state index contributed by atoms with van der Waals surface area (Å²) in [7, 11) is -3.74. The van der Waals surface area contributed by atoms with Gasteiger partial charge in [0.25, 0.3) is 0 Å². The standard InChI is InChI=1S/C21H23FN2O4S/c22-17-8-10-20(11-9-17)29(26,27)24-12-4-5-16(13-24)21(25)23-14-19(15-23)28-18-6-2-1-3-7-18/h1-3,6-11,16,19H,4-5,12-15H2/t16-/m1/s1. The van der Waals surface area contributed by atoms with Crippen molar-refractivity contribution in [1.82, 2.24) is 9.21 Å². The summed E-state index contributed by atoms with van der Waals surface area (Å²) in [5.41, 5.74) is 0. The molecular formula is C21H23FN2O4S. The van der Waals surface area contributed by atoms with Crippen LogP contribution in [0.15, 0.2) is 59.5 Å². The lowest BCUT2D eigenvalue weighted by Crippen LogP contribution is -2.59. The van der Waals surface area contributed by atoms with Crippen LogP contribution in [0.1, 0.15) is 12.8 Å². The number of benzene rings is 2. The fourth-order valence-corrected chi connectivity index (χ4v) is 5.28. The zero-order valence-corrected chi connectivity index (χ0v) is 16.7. The van der Waals surface area contributed by atoms with Crippen LogP contribution in [0.3, 0.4) is 0 Å². The molecule has 2 heterocycles. The zero-order chi connectivity index (χ0) is 20.4. The van der Waals surface area contributed by atoms with Gasteiger partial charge in [-0.05, 0) is 49.2 Å². The maximum absolute atomic E-state index is 13.1. The highest BCUT2D eigenvalue weighted by Crippen LogP contribution is 2.27. The summed E-state index contributed by atoms with van der Waals surface area (Å²) >= 11 is 0. The molecule has 2 aromatic carbocycles. The van der Waals surface area contributed by atoms with Crippen LogP contribution in [0, 0.1) is 11.7 Å². The number of sulfonamides is 1. The van der Waals surface area contributed by atoms with Gasteiger partial charge in [-0.1, -0.05) is 18.2 Å². The van der Waals surface area contributed by atoms with Crippen LogP contribution >= 0.6 is 0 Å². The maximum Gasteiger partial charge on any atom is 0.243 e. The van der Waals surface area contributed by atoms with E-state index < -0.39 is 15.8 Å². The van der Waals surface area contributed by atoms with E-state index in [0.29, 0.717) is 32.5 Å². The van der Waals surface area contributed by atoms with E-state index in [0.717, 1.165) is 17.9 Å². The van der Waals surface area contributed by atoms with Gasteiger partial charge in [0, 0.05) is 13.1 Å². The third-order valence-corrected chi connectivity index (χ3v) is 7.27. The van der Waals surface area contributed by atoms with E-state index in [1.165, 1.54) is 16.4 Å². The predicted octanol–water partition coefficient (Wildman–Crippen LogP) is 2.52. The quantitative estimate of drug-likeness (QED) is 0.748. The van der Waals surface area contributed by atoms with Crippen LogP contribution in [0.25, 0.3) is 0 Å². The van der Waals surface area contributed by atoms with Crippen molar-refractivity contribution in [3.63, 3.8) is 0 Å². The molecule has 2 aromatic rings. The summed E-state index contributed by atoms with van der Waals surface area (Å²) in [5, 5.41) is 0. The highest BCUT2D eigenvalue weighted by molar-refractivity contribution is 7.89. The number of amides is 1. The van der Waals surface area contributed by atoms with Gasteiger partial charge in [-0.15, -0.1) is 0 Å². The molecule has 1 amide bonds. The number of hydrogen-bond donors (Lipinski definition) is 0. The zero-order valence-electron chi connectivity index (χ0n) is 15.9. The number of piperidine rings is 1. The van der Waals surface area contributed by atoms with E-state index in [1.807, 2.05) is 30.3 Å². The van der Waals surface area contributed by atoms with Crippen molar-refractivity contribution in [3.05, 3.63) is 60.4 Å². The summed E-state index contributed by atoms with van der Waals surface area (Å²) in [4.78, 5) is 14.6. The molecule has 0 N–H and O–H groups in total. The van der Waals surface area contributed by atoms with Crippen LogP contribution in [-0.4, -0.2) is 55.8 Å². The number of nitrogens with zero attached hydrogens (tertiary/aromatic N) is 2. The monoisotopic (exact) mass is 418 g/mol. The molecule has 29 heavy (non-hydrogen) atoms. The first kappa shape index (κ1) is 19.8. The molecule has 2 fully saturated rings. The summed E-state index contributed by atoms with van der Waals surface area (Å²) < 4.78 is 46.0. The van der Waals surface area contributed by atoms with Crippen LogP contribution in [0.2, 0.25) is 0 Å². The van der Waals surface area contributed by atoms with E-state index in [-0.39, 0.29) is 29.4 Å². The molecule has 0 saturated carbocycles. The highest BCUT2D eigenvalue weighted by Gasteiger charge is 2.39. The van der Waals surface area contributed by atoms with Crippen molar-refractivity contribution in [3.8, 4) is 5.75 Å². The lowest BCUT2D eigenvalue weighted by Gasteiger charge is -2.42. The number of rotatable bonds is 5. The Labute approximate surface area is 169 Å². The lowest BCUT2D eigenvalue weighted by molar-refractivity contribution is -0.145. The Kier molecular flexibility index (Phi) is 5.56. The minimum Gasteiger partial charge on any atom is -0.487 e. The Bertz CT molecular complexity index is 960. The second kappa shape index (κ2) is 8.12. The van der Waals surface area contributed by atoms with E-state index >= 15 is 0 Å². The van der Waals surface area contributed by atoms with Gasteiger partial charge < -0.3 is 9.64 Å². The Morgan fingerprint density at radius 3 is 2.38 bits per heavy atom. The third-order valence-electron chi connectivity index (χ3n) is 5.39. The molecule has 1 atom stereocenters. The number of ether oxygens (including phenoxy) is 1. The average molecular weight is 418 g/mol. The largest absolute Gasteiger partial charge is 0.487 e. The minimum absolute atomic E-state index is 0.0306. The van der Waals surface area contributed by atoms with Crippen molar-refractivity contribution in [2.75, 3.05) is 26.2 Å². The summed E-state index contributed by atoms with van der Waals surface area (Å²) in [6.07, 6.45) is 1.24. The molecule has 0 unspecified atom stereocenters. The van der Waals surface area contributed by atoms with Crippen LogP contribution in [0.4, 0.5) is 4.39 Å². The van der Waals surface area contributed by atoms with Gasteiger partial charge in [0.05, 0.1) is 23.9 Å². The number of halogens is 1. The predicted molar refractivity (Wildman–Crippen MR) is 105 cm³/mol. The molecule has 154 valence electrons. The molecule has 2 saturated heterocycles. The second-order valence-corrected chi connectivity index (χ2v) is 9.39. The molecule has 0 bridgehead atoms. The smallest absolute Gasteiger partial charge is 0.243 e. The second-order valence-electron chi connectivity index (χ2n) is 7.45. The minimum atomic E-state index is -3.74. The SMILES string of the molecule is O=C([C@@H]1CCCN(S(=O)(=O)c2ccc(F)cc2)C1)N1CC(Oc2ccccc2)C1. The van der Waals surface area contributed by atoms with Gasteiger partial charge in [-0.3, -0.25) is 4.79 Å². The van der Waals surface area contributed by atoms with Gasteiger partial charge in [0.2, 0.25) is 15.9 Å². The maximum atomic E-state index is 13.1. The first-order valence-corrected chi connectivity index (χ1v) is 11.1. The van der Waals surface area contributed by atoms with E-state index in [9.17, 15) is 17.6 Å². The molecule has 0 aromatic heterocycles. The third kappa shape index (κ3) is 4.28. The highest BCUT2D eigenvalue weighted by atomic mass is 32.2. The molecular weight excluding hydrogens is 395 g/mol. The average Bonchev–Trinajstić information content (AvgIpc) is 2.71. The van der Waals surface area contributed by atoms with Crippen molar-refractivity contribution in [2.45, 2.75) is 23.8 Å². The Morgan fingerprint density at radius 2 is 1.69 bits per heavy atom. The Balaban J connectivity index is 1.35. The van der Waals surface area contributed by atoms with Crippen LogP contribution in [0.5, 0.6) is 5.75 Å². The Hall–Kier alpha value is -2.45.